The summed E-state index contributed by atoms with van der Waals surface area (Å²) in [6.07, 6.45) is 2.32. The smallest absolute Gasteiger partial charge is 0.286 e. The summed E-state index contributed by atoms with van der Waals surface area (Å²) in [5.74, 6) is 0.0190. The quantitative estimate of drug-likeness (QED) is 0.742. The Balaban J connectivity index is 1.57. The van der Waals surface area contributed by atoms with E-state index in [1.807, 2.05) is 27.7 Å². The summed E-state index contributed by atoms with van der Waals surface area (Å²) in [7, 11) is -1.92. The lowest BCUT2D eigenvalue weighted by atomic mass is 9.87. The number of nitrogens with zero attached hydrogens (tertiary/aromatic N) is 3. The van der Waals surface area contributed by atoms with Crippen molar-refractivity contribution in [1.82, 2.24) is 4.98 Å². The van der Waals surface area contributed by atoms with Gasteiger partial charge < -0.3 is 15.0 Å². The normalized spacial score (nSPS) is 23.2. The summed E-state index contributed by atoms with van der Waals surface area (Å²) in [5.41, 5.74) is 0.480. The lowest BCUT2D eigenvalue weighted by molar-refractivity contribution is -0.126. The number of thiazole rings is 1. The molecule has 1 aromatic heterocycles. The molecule has 1 amide bonds. The van der Waals surface area contributed by atoms with Gasteiger partial charge in [-0.3, -0.25) is 4.79 Å². The lowest BCUT2D eigenvalue weighted by Gasteiger charge is -2.26. The molecule has 2 aliphatic rings. The van der Waals surface area contributed by atoms with Crippen LogP contribution in [-0.2, 0) is 19.6 Å². The highest BCUT2D eigenvalue weighted by Crippen LogP contribution is 2.43. The maximum atomic E-state index is 12.9. The van der Waals surface area contributed by atoms with Gasteiger partial charge in [-0.2, -0.15) is 8.42 Å². The van der Waals surface area contributed by atoms with Gasteiger partial charge in [0, 0.05) is 13.2 Å². The fourth-order valence-corrected chi connectivity index (χ4v) is 6.32. The van der Waals surface area contributed by atoms with Crippen LogP contribution in [0.2, 0.25) is 0 Å². The minimum atomic E-state index is -3.70. The summed E-state index contributed by atoms with van der Waals surface area (Å²) < 4.78 is 34.5. The Hall–Kier alpha value is -2.30. The zero-order chi connectivity index (χ0) is 22.8. The molecule has 2 aliphatic heterocycles. The van der Waals surface area contributed by atoms with Crippen LogP contribution >= 0.6 is 11.3 Å². The van der Waals surface area contributed by atoms with Crippen molar-refractivity contribution in [3.63, 3.8) is 0 Å². The number of amides is 1. The number of nitrogens with one attached hydrogen (secondary N) is 1. The van der Waals surface area contributed by atoms with Crippen molar-refractivity contribution in [2.45, 2.75) is 57.1 Å². The molecule has 31 heavy (non-hydrogen) atoms. The summed E-state index contributed by atoms with van der Waals surface area (Å²) in [6.45, 7) is 9.50. The molecular formula is C21H26N4O4S2. The van der Waals surface area contributed by atoms with Crippen LogP contribution in [0.25, 0.3) is 10.4 Å². The number of amidine groups is 1. The van der Waals surface area contributed by atoms with E-state index >= 15 is 0 Å². The molecule has 1 atom stereocenters. The number of ether oxygens (including phenoxy) is 1. The number of hydrogen-bond acceptors (Lipinski definition) is 7. The van der Waals surface area contributed by atoms with E-state index < -0.39 is 15.6 Å². The van der Waals surface area contributed by atoms with Gasteiger partial charge >= 0.3 is 0 Å². The van der Waals surface area contributed by atoms with E-state index in [4.69, 9.17) is 4.74 Å². The summed E-state index contributed by atoms with van der Waals surface area (Å²) in [6, 6.07) is 5.10. The van der Waals surface area contributed by atoms with Gasteiger partial charge in [0.1, 0.15) is 10.7 Å². The predicted octanol–water partition coefficient (Wildman–Crippen LogP) is 3.90. The van der Waals surface area contributed by atoms with Crippen LogP contribution in [0.1, 0.15) is 41.0 Å². The Labute approximate surface area is 186 Å². The number of sulfonamides is 1. The Morgan fingerprint density at radius 3 is 2.65 bits per heavy atom. The fourth-order valence-electron chi connectivity index (χ4n) is 4.24. The number of hydrogen-bond donors (Lipinski definition) is 1. The van der Waals surface area contributed by atoms with Gasteiger partial charge in [0.05, 0.1) is 27.7 Å². The largest absolute Gasteiger partial charge is 0.369 e. The average molecular weight is 463 g/mol. The molecular weight excluding hydrogens is 436 g/mol. The minimum absolute atomic E-state index is 0.112. The first kappa shape index (κ1) is 21.9. The van der Waals surface area contributed by atoms with Crippen LogP contribution in [0.5, 0.6) is 0 Å². The summed E-state index contributed by atoms with van der Waals surface area (Å²) in [4.78, 5) is 20.0. The Morgan fingerprint density at radius 1 is 1.29 bits per heavy atom. The molecule has 1 N–H and O–H groups in total. The Bertz CT molecular complexity index is 1200. The van der Waals surface area contributed by atoms with Gasteiger partial charge in [0.15, 0.2) is 5.13 Å². The summed E-state index contributed by atoms with van der Waals surface area (Å²) in [5, 5.41) is 3.42. The van der Waals surface area contributed by atoms with Gasteiger partial charge in [-0.1, -0.05) is 17.4 Å². The van der Waals surface area contributed by atoms with E-state index in [0.29, 0.717) is 23.1 Å². The van der Waals surface area contributed by atoms with Crippen LogP contribution in [0.4, 0.5) is 10.8 Å². The Morgan fingerprint density at radius 2 is 2.00 bits per heavy atom. The topological polar surface area (TPSA) is 101 Å². The molecule has 2 aromatic rings. The maximum Gasteiger partial charge on any atom is 0.286 e. The summed E-state index contributed by atoms with van der Waals surface area (Å²) >= 11 is 1.34. The predicted molar refractivity (Wildman–Crippen MR) is 122 cm³/mol. The molecule has 0 saturated carbocycles. The van der Waals surface area contributed by atoms with Crippen molar-refractivity contribution in [2.24, 2.45) is 10.3 Å². The molecule has 4 rings (SSSR count). The second kappa shape index (κ2) is 7.11. The van der Waals surface area contributed by atoms with Gasteiger partial charge in [0.2, 0.25) is 5.91 Å². The number of anilines is 2. The molecule has 1 saturated heterocycles. The first-order valence-electron chi connectivity index (χ1n) is 9.96. The first-order chi connectivity index (χ1) is 14.3. The number of carbonyl (C=O) groups is 1. The molecule has 1 aromatic carbocycles. The number of aromatic nitrogens is 1. The van der Waals surface area contributed by atoms with Gasteiger partial charge in [-0.15, -0.1) is 4.40 Å². The van der Waals surface area contributed by atoms with Crippen LogP contribution in [-0.4, -0.2) is 43.4 Å². The molecule has 1 fully saturated rings. The van der Waals surface area contributed by atoms with Crippen LogP contribution in [0, 0.1) is 5.92 Å². The van der Waals surface area contributed by atoms with Crippen molar-refractivity contribution in [2.75, 3.05) is 17.3 Å². The number of benzene rings is 1. The van der Waals surface area contributed by atoms with Crippen molar-refractivity contribution in [3.05, 3.63) is 24.4 Å². The number of carbonyl (C=O) groups excluding carboxylic acids is 1. The maximum absolute atomic E-state index is 12.9. The zero-order valence-corrected chi connectivity index (χ0v) is 20.0. The standard InChI is InChI=1S/C21H26N4O4S2/c1-12-24-31(27,28)17-8-7-13(9-15(17)25(12)6)16-11-22-19(30-16)23-18(26)14-10-20(2,3)29-21(14,4)5/h7-9,11,14H,10H2,1-6H3,(H,22,23,26). The zero-order valence-electron chi connectivity index (χ0n) is 18.4. The highest BCUT2D eigenvalue weighted by Gasteiger charge is 2.49. The van der Waals surface area contributed by atoms with E-state index in [1.165, 1.54) is 11.3 Å². The second-order valence-corrected chi connectivity index (χ2v) is 11.7. The molecule has 0 bridgehead atoms. The minimum Gasteiger partial charge on any atom is -0.369 e. The van der Waals surface area contributed by atoms with Crippen molar-refractivity contribution >= 4 is 43.9 Å². The molecule has 0 radical (unpaired) electrons. The van der Waals surface area contributed by atoms with Crippen molar-refractivity contribution in [3.8, 4) is 10.4 Å². The van der Waals surface area contributed by atoms with Crippen LogP contribution in [0.15, 0.2) is 33.7 Å². The molecule has 0 aliphatic carbocycles. The number of fused-ring (bicyclic) bond motifs is 1. The van der Waals surface area contributed by atoms with E-state index in [2.05, 4.69) is 14.7 Å². The lowest BCUT2D eigenvalue weighted by Crippen LogP contribution is -2.36. The highest BCUT2D eigenvalue weighted by molar-refractivity contribution is 7.90. The van der Waals surface area contributed by atoms with Crippen molar-refractivity contribution in [1.29, 1.82) is 0 Å². The third-order valence-electron chi connectivity index (χ3n) is 5.75. The van der Waals surface area contributed by atoms with E-state index in [9.17, 15) is 13.2 Å². The second-order valence-electron chi connectivity index (χ2n) is 9.10. The van der Waals surface area contributed by atoms with E-state index in [1.54, 1.807) is 43.3 Å². The molecule has 1 unspecified atom stereocenters. The Kier molecular flexibility index (Phi) is 5.03. The molecule has 3 heterocycles. The monoisotopic (exact) mass is 462 g/mol. The van der Waals surface area contributed by atoms with Crippen molar-refractivity contribution < 1.29 is 17.9 Å². The van der Waals surface area contributed by atoms with Gasteiger partial charge in [0.25, 0.3) is 10.0 Å². The average Bonchev–Trinajstić information content (AvgIpc) is 3.19. The van der Waals surface area contributed by atoms with Crippen LogP contribution in [0.3, 0.4) is 0 Å². The molecule has 10 heteroatoms. The van der Waals surface area contributed by atoms with Gasteiger partial charge in [-0.25, -0.2) is 4.98 Å². The van der Waals surface area contributed by atoms with Crippen LogP contribution < -0.4 is 10.2 Å². The molecule has 166 valence electrons. The SMILES string of the molecule is CC1=NS(=O)(=O)c2ccc(-c3cnc(NC(=O)C4CC(C)(C)OC4(C)C)s3)cc2N1C. The third-order valence-corrected chi connectivity index (χ3v) is 8.11. The highest BCUT2D eigenvalue weighted by atomic mass is 32.2. The molecule has 8 nitrogen and oxygen atoms in total. The number of rotatable bonds is 3. The van der Waals surface area contributed by atoms with E-state index in [0.717, 1.165) is 10.4 Å². The fraction of sp³-hybridized carbons (Fsp3) is 0.476. The molecule has 0 spiro atoms. The van der Waals surface area contributed by atoms with Gasteiger partial charge in [-0.05, 0) is 58.7 Å². The van der Waals surface area contributed by atoms with E-state index in [-0.39, 0.29) is 22.3 Å². The first-order valence-corrected chi connectivity index (χ1v) is 12.2. The third kappa shape index (κ3) is 3.99.